The van der Waals surface area contributed by atoms with Gasteiger partial charge in [-0.05, 0) is 11.6 Å². The van der Waals surface area contributed by atoms with Crippen molar-refractivity contribution in [3.8, 4) is 0 Å². The molecule has 1 aromatic carbocycles. The molecule has 0 bridgehead atoms. The molecule has 5 heteroatoms. The van der Waals surface area contributed by atoms with E-state index in [1.807, 2.05) is 24.5 Å². The second kappa shape index (κ2) is 5.95. The van der Waals surface area contributed by atoms with Crippen LogP contribution in [-0.4, -0.2) is 26.4 Å². The molecule has 3 heterocycles. The summed E-state index contributed by atoms with van der Waals surface area (Å²) in [4.78, 5) is 14.7. The van der Waals surface area contributed by atoms with Crippen LogP contribution in [0.5, 0.6) is 0 Å². The fraction of sp³-hybridized carbons (Fsp3) is 0.333. The van der Waals surface area contributed by atoms with Crippen LogP contribution in [-0.2, 0) is 25.9 Å². The van der Waals surface area contributed by atoms with Gasteiger partial charge in [0.1, 0.15) is 5.82 Å². The summed E-state index contributed by atoms with van der Waals surface area (Å²) in [6.45, 7) is 4.93. The Morgan fingerprint density at radius 1 is 1.26 bits per heavy atom. The summed E-state index contributed by atoms with van der Waals surface area (Å²) in [5.74, 6) is 0.904. The van der Waals surface area contributed by atoms with Crippen LogP contribution in [0.4, 0.5) is 0 Å². The Balaban J connectivity index is 1.58. The van der Waals surface area contributed by atoms with Crippen molar-refractivity contribution in [2.75, 3.05) is 6.54 Å². The van der Waals surface area contributed by atoms with Gasteiger partial charge in [-0.15, -0.1) is 0 Å². The molecule has 1 N–H and O–H groups in total. The molecule has 0 aliphatic carbocycles. The molecule has 1 aliphatic rings. The molecule has 0 amide bonds. The molecule has 0 unspecified atom stereocenters. The first kappa shape index (κ1) is 14.7. The number of benzene rings is 1. The molecule has 4 rings (SSSR count). The third-order valence-corrected chi connectivity index (χ3v) is 4.83. The third kappa shape index (κ3) is 2.73. The maximum atomic E-state index is 6.31. The third-order valence-electron chi connectivity index (χ3n) is 4.52. The lowest BCUT2D eigenvalue weighted by molar-refractivity contribution is 0.245. The number of aryl methyl sites for hydroxylation is 1. The summed E-state index contributed by atoms with van der Waals surface area (Å²) in [5, 5.41) is 2.04. The van der Waals surface area contributed by atoms with Crippen molar-refractivity contribution >= 4 is 22.5 Å². The van der Waals surface area contributed by atoms with Crippen molar-refractivity contribution in [1.82, 2.24) is 19.9 Å². The lowest BCUT2D eigenvalue weighted by Gasteiger charge is -2.26. The molecule has 3 aromatic rings. The van der Waals surface area contributed by atoms with Gasteiger partial charge in [0.15, 0.2) is 0 Å². The zero-order valence-corrected chi connectivity index (χ0v) is 13.9. The van der Waals surface area contributed by atoms with Gasteiger partial charge in [0.2, 0.25) is 0 Å². The summed E-state index contributed by atoms with van der Waals surface area (Å²) in [6.07, 6.45) is 5.80. The molecule has 0 spiro atoms. The topological polar surface area (TPSA) is 44.8 Å². The summed E-state index contributed by atoms with van der Waals surface area (Å²) >= 11 is 6.31. The van der Waals surface area contributed by atoms with Gasteiger partial charge in [-0.3, -0.25) is 4.90 Å². The first-order chi connectivity index (χ1) is 11.2. The van der Waals surface area contributed by atoms with Crippen molar-refractivity contribution in [1.29, 1.82) is 0 Å². The van der Waals surface area contributed by atoms with E-state index in [0.717, 1.165) is 48.8 Å². The lowest BCUT2D eigenvalue weighted by Crippen LogP contribution is -2.29. The van der Waals surface area contributed by atoms with Gasteiger partial charge in [-0.25, -0.2) is 9.97 Å². The number of halogens is 1. The van der Waals surface area contributed by atoms with Crippen LogP contribution in [0, 0.1) is 0 Å². The van der Waals surface area contributed by atoms with E-state index in [1.165, 1.54) is 22.2 Å². The molecule has 23 heavy (non-hydrogen) atoms. The molecule has 0 saturated carbocycles. The van der Waals surface area contributed by atoms with E-state index < -0.39 is 0 Å². The van der Waals surface area contributed by atoms with E-state index in [-0.39, 0.29) is 0 Å². The highest BCUT2D eigenvalue weighted by atomic mass is 35.5. The highest BCUT2D eigenvalue weighted by Crippen LogP contribution is 2.31. The van der Waals surface area contributed by atoms with E-state index in [9.17, 15) is 0 Å². The van der Waals surface area contributed by atoms with Crippen molar-refractivity contribution < 1.29 is 0 Å². The highest BCUT2D eigenvalue weighted by molar-refractivity contribution is 6.35. The van der Waals surface area contributed by atoms with Crippen molar-refractivity contribution in [3.63, 3.8) is 0 Å². The molecule has 0 fully saturated rings. The summed E-state index contributed by atoms with van der Waals surface area (Å²) in [6, 6.07) is 6.12. The monoisotopic (exact) mass is 326 g/mol. The van der Waals surface area contributed by atoms with Gasteiger partial charge < -0.3 is 4.98 Å². The van der Waals surface area contributed by atoms with Crippen LogP contribution in [0.3, 0.4) is 0 Å². The number of nitrogens with zero attached hydrogens (tertiary/aromatic N) is 3. The second-order valence-electron chi connectivity index (χ2n) is 6.07. The number of fused-ring (bicyclic) bond motifs is 3. The van der Waals surface area contributed by atoms with E-state index in [2.05, 4.69) is 32.8 Å². The minimum absolute atomic E-state index is 0.798. The van der Waals surface area contributed by atoms with E-state index in [4.69, 9.17) is 11.6 Å². The number of aromatic nitrogens is 3. The molecule has 0 saturated heterocycles. The maximum Gasteiger partial charge on any atom is 0.127 e. The van der Waals surface area contributed by atoms with E-state index in [0.29, 0.717) is 0 Å². The number of para-hydroxylation sites is 1. The smallest absolute Gasteiger partial charge is 0.127 e. The van der Waals surface area contributed by atoms with Gasteiger partial charge >= 0.3 is 0 Å². The summed E-state index contributed by atoms with van der Waals surface area (Å²) in [7, 11) is 0. The molecular weight excluding hydrogens is 308 g/mol. The number of nitrogens with one attached hydrogen (secondary N) is 1. The first-order valence-corrected chi connectivity index (χ1v) is 8.42. The quantitative estimate of drug-likeness (QED) is 0.797. The van der Waals surface area contributed by atoms with Crippen LogP contribution in [0.15, 0.2) is 30.6 Å². The SMILES string of the molecule is CCc1ncc(CN2CCc3[nH]c4c(Cl)cccc4c3C2)cn1. The fourth-order valence-electron chi connectivity index (χ4n) is 3.30. The average molecular weight is 327 g/mol. The Morgan fingerprint density at radius 3 is 2.87 bits per heavy atom. The standard InChI is InChI=1S/C18H19ClN4/c1-2-17-20-8-12(9-21-17)10-23-7-6-16-14(11-23)13-4-3-5-15(19)18(13)22-16/h3-5,8-9,22H,2,6-7,10-11H2,1H3. The molecule has 2 aromatic heterocycles. The number of H-pyrrole nitrogens is 1. The Labute approximate surface area is 140 Å². The predicted molar refractivity (Wildman–Crippen MR) is 92.5 cm³/mol. The van der Waals surface area contributed by atoms with Crippen LogP contribution in [0.2, 0.25) is 5.02 Å². The van der Waals surface area contributed by atoms with Gasteiger partial charge in [-0.2, -0.15) is 0 Å². The Hall–Kier alpha value is -1.91. The van der Waals surface area contributed by atoms with Crippen molar-refractivity contribution in [2.24, 2.45) is 0 Å². The van der Waals surface area contributed by atoms with Crippen LogP contribution in [0.25, 0.3) is 10.9 Å². The molecule has 0 atom stereocenters. The number of aromatic amines is 1. The Kier molecular flexibility index (Phi) is 3.79. The van der Waals surface area contributed by atoms with Crippen LogP contribution >= 0.6 is 11.6 Å². The minimum Gasteiger partial charge on any atom is -0.357 e. The van der Waals surface area contributed by atoms with Gasteiger partial charge in [0.05, 0.1) is 10.5 Å². The molecule has 1 aliphatic heterocycles. The molecule has 0 radical (unpaired) electrons. The summed E-state index contributed by atoms with van der Waals surface area (Å²) < 4.78 is 0. The zero-order valence-electron chi connectivity index (χ0n) is 13.1. The highest BCUT2D eigenvalue weighted by Gasteiger charge is 2.21. The van der Waals surface area contributed by atoms with Gasteiger partial charge in [0.25, 0.3) is 0 Å². The fourth-order valence-corrected chi connectivity index (χ4v) is 3.52. The number of rotatable bonds is 3. The maximum absolute atomic E-state index is 6.31. The van der Waals surface area contributed by atoms with Gasteiger partial charge in [-0.1, -0.05) is 30.7 Å². The largest absolute Gasteiger partial charge is 0.357 e. The van der Waals surface area contributed by atoms with Crippen LogP contribution in [0.1, 0.15) is 29.6 Å². The summed E-state index contributed by atoms with van der Waals surface area (Å²) in [5.41, 5.74) is 4.93. The number of hydrogen-bond acceptors (Lipinski definition) is 3. The van der Waals surface area contributed by atoms with E-state index in [1.54, 1.807) is 0 Å². The molecule has 118 valence electrons. The number of hydrogen-bond donors (Lipinski definition) is 1. The predicted octanol–water partition coefficient (Wildman–Crippen LogP) is 3.73. The second-order valence-corrected chi connectivity index (χ2v) is 6.47. The normalized spacial score (nSPS) is 15.0. The Morgan fingerprint density at radius 2 is 2.09 bits per heavy atom. The Bertz CT molecular complexity index is 838. The molecule has 4 nitrogen and oxygen atoms in total. The van der Waals surface area contributed by atoms with Crippen molar-refractivity contribution in [3.05, 3.63) is 58.3 Å². The van der Waals surface area contributed by atoms with Crippen molar-refractivity contribution in [2.45, 2.75) is 32.9 Å². The molecular formula is C18H19ClN4. The first-order valence-electron chi connectivity index (χ1n) is 8.04. The minimum atomic E-state index is 0.798. The average Bonchev–Trinajstić information content (AvgIpc) is 2.95. The van der Waals surface area contributed by atoms with Crippen LogP contribution < -0.4 is 0 Å². The zero-order chi connectivity index (χ0) is 15.8. The lowest BCUT2D eigenvalue weighted by atomic mass is 10.0. The van der Waals surface area contributed by atoms with Gasteiger partial charge in [0, 0.05) is 61.5 Å². The van der Waals surface area contributed by atoms with E-state index >= 15 is 0 Å².